The van der Waals surface area contributed by atoms with E-state index in [1.807, 2.05) is 19.1 Å². The van der Waals surface area contributed by atoms with Crippen LogP contribution in [0.3, 0.4) is 0 Å². The number of piperidine rings is 1. The molecule has 0 radical (unpaired) electrons. The van der Waals surface area contributed by atoms with Crippen molar-refractivity contribution in [3.8, 4) is 5.75 Å². The van der Waals surface area contributed by atoms with Crippen molar-refractivity contribution >= 4 is 28.9 Å². The third kappa shape index (κ3) is 11.1. The van der Waals surface area contributed by atoms with Gasteiger partial charge in [0.25, 0.3) is 0 Å². The zero-order chi connectivity index (χ0) is 23.5. The predicted octanol–water partition coefficient (Wildman–Crippen LogP) is 2.01. The number of likely N-dealkylation sites (tertiary alicyclic amines) is 1. The number of rotatable bonds is 8. The largest absolute Gasteiger partial charge is 0.542 e. The molecular formula is C21H32BrF3N2O5. The number of carboxylic acid groups (broad SMARTS) is 1. The summed E-state index contributed by atoms with van der Waals surface area (Å²) >= 11 is 0. The van der Waals surface area contributed by atoms with E-state index in [0.29, 0.717) is 13.2 Å². The van der Waals surface area contributed by atoms with Gasteiger partial charge in [-0.25, -0.2) is 4.79 Å². The van der Waals surface area contributed by atoms with Crippen LogP contribution in [0.25, 0.3) is 0 Å². The van der Waals surface area contributed by atoms with Gasteiger partial charge in [0.05, 0.1) is 39.4 Å². The molecule has 0 saturated carbocycles. The second-order valence-electron chi connectivity index (χ2n) is 7.57. The van der Waals surface area contributed by atoms with E-state index in [9.17, 15) is 18.0 Å². The fraction of sp³-hybridized carbons (Fsp3) is 0.619. The number of aliphatic carboxylic acids is 1. The molecule has 2 unspecified atom stereocenters. The predicted molar refractivity (Wildman–Crippen MR) is 116 cm³/mol. The number of nitrogens with two attached hydrogens (primary N) is 1. The van der Waals surface area contributed by atoms with Gasteiger partial charge in [0.1, 0.15) is 11.7 Å². The number of halogens is 4. The van der Waals surface area contributed by atoms with Gasteiger partial charge in [-0.2, -0.15) is 13.2 Å². The molecule has 0 aromatic heterocycles. The van der Waals surface area contributed by atoms with Gasteiger partial charge in [0.2, 0.25) is 0 Å². The second-order valence-corrected chi connectivity index (χ2v) is 7.57. The zero-order valence-corrected chi connectivity index (χ0v) is 20.1. The lowest BCUT2D eigenvalue weighted by atomic mass is 10.0. The smallest absolute Gasteiger partial charge is 0.430 e. The maximum Gasteiger partial charge on any atom is 0.430 e. The third-order valence-corrected chi connectivity index (χ3v) is 5.09. The molecule has 1 aromatic rings. The first kappa shape index (κ1) is 30.1. The minimum atomic E-state index is -5.19. The molecule has 11 heteroatoms. The van der Waals surface area contributed by atoms with Crippen LogP contribution in [-0.4, -0.2) is 68.5 Å². The minimum absolute atomic E-state index is 0. The maximum atomic E-state index is 12.0. The van der Waals surface area contributed by atoms with Crippen LogP contribution >= 0.6 is 17.0 Å². The summed E-state index contributed by atoms with van der Waals surface area (Å²) in [5, 5.41) is 8.78. The number of carboxylic acids is 1. The first-order chi connectivity index (χ1) is 14.5. The number of benzene rings is 1. The van der Waals surface area contributed by atoms with Gasteiger partial charge in [-0.1, -0.05) is 12.1 Å². The first-order valence-electron chi connectivity index (χ1n) is 10.2. The molecule has 0 aliphatic carbocycles. The van der Waals surface area contributed by atoms with Crippen molar-refractivity contribution in [2.45, 2.75) is 44.8 Å². The summed E-state index contributed by atoms with van der Waals surface area (Å²) in [4.78, 5) is 20.8. The number of hydrogen-bond donors (Lipinski definition) is 1. The molecule has 184 valence electrons. The van der Waals surface area contributed by atoms with Gasteiger partial charge >= 0.3 is 12.1 Å². The highest BCUT2D eigenvalue weighted by Crippen LogP contribution is 2.21. The number of methoxy groups -OCH3 is 1. The van der Waals surface area contributed by atoms with E-state index in [-0.39, 0.29) is 29.0 Å². The van der Waals surface area contributed by atoms with E-state index in [1.165, 1.54) is 5.56 Å². The van der Waals surface area contributed by atoms with Gasteiger partial charge in [-0.15, -0.1) is 17.0 Å². The third-order valence-electron chi connectivity index (χ3n) is 5.09. The average molecular weight is 529 g/mol. The van der Waals surface area contributed by atoms with Gasteiger partial charge in [0, 0.05) is 6.42 Å². The topological polar surface area (TPSA) is 102 Å². The van der Waals surface area contributed by atoms with Crippen LogP contribution in [0.2, 0.25) is 0 Å². The van der Waals surface area contributed by atoms with Crippen molar-refractivity contribution in [2.24, 2.45) is 5.73 Å². The zero-order valence-electron chi connectivity index (χ0n) is 18.4. The number of aryl methyl sites for hydroxylation is 1. The highest BCUT2D eigenvalue weighted by Gasteiger charge is 2.35. The SMILES string of the molecule is Br.CCOC(=O)C[N+]1(CCCc2ccc(OC)cc2)CCCC(N)C1.O=C([O-])C(F)(F)F. The highest BCUT2D eigenvalue weighted by atomic mass is 79.9. The number of ether oxygens (including phenoxy) is 2. The summed E-state index contributed by atoms with van der Waals surface area (Å²) in [6.45, 7) is 5.61. The van der Waals surface area contributed by atoms with Gasteiger partial charge < -0.3 is 29.6 Å². The summed E-state index contributed by atoms with van der Waals surface area (Å²) in [5.41, 5.74) is 7.49. The maximum absolute atomic E-state index is 12.0. The van der Waals surface area contributed by atoms with E-state index in [2.05, 4.69) is 12.1 Å². The molecular weight excluding hydrogens is 497 g/mol. The molecule has 1 saturated heterocycles. The summed E-state index contributed by atoms with van der Waals surface area (Å²) in [5.74, 6) is -2.23. The van der Waals surface area contributed by atoms with Crippen LogP contribution in [-0.2, 0) is 20.7 Å². The normalized spacial score (nSPS) is 20.2. The summed E-state index contributed by atoms with van der Waals surface area (Å²) < 4.78 is 42.7. The molecule has 7 nitrogen and oxygen atoms in total. The number of hydrogen-bond acceptors (Lipinski definition) is 6. The molecule has 1 heterocycles. The molecule has 32 heavy (non-hydrogen) atoms. The Morgan fingerprint density at radius 3 is 2.31 bits per heavy atom. The van der Waals surface area contributed by atoms with E-state index in [0.717, 1.165) is 55.6 Å². The van der Waals surface area contributed by atoms with Crippen LogP contribution in [0.5, 0.6) is 5.75 Å². The van der Waals surface area contributed by atoms with E-state index >= 15 is 0 Å². The quantitative estimate of drug-likeness (QED) is 0.409. The first-order valence-corrected chi connectivity index (χ1v) is 10.2. The number of quaternary nitrogens is 1. The average Bonchev–Trinajstić information content (AvgIpc) is 2.68. The molecule has 1 fully saturated rings. The highest BCUT2D eigenvalue weighted by molar-refractivity contribution is 8.93. The minimum Gasteiger partial charge on any atom is -0.542 e. The molecule has 2 N–H and O–H groups in total. The van der Waals surface area contributed by atoms with Crippen molar-refractivity contribution in [1.29, 1.82) is 0 Å². The van der Waals surface area contributed by atoms with Crippen LogP contribution < -0.4 is 15.6 Å². The Bertz CT molecular complexity index is 704. The van der Waals surface area contributed by atoms with Crippen molar-refractivity contribution in [3.63, 3.8) is 0 Å². The summed E-state index contributed by atoms with van der Waals surface area (Å²) in [7, 11) is 1.68. The number of carbonyl (C=O) groups is 2. The monoisotopic (exact) mass is 528 g/mol. The Hall–Kier alpha value is -1.85. The lowest BCUT2D eigenvalue weighted by molar-refractivity contribution is -0.926. The molecule has 0 amide bonds. The Labute approximate surface area is 197 Å². The van der Waals surface area contributed by atoms with Crippen LogP contribution in [0, 0.1) is 0 Å². The van der Waals surface area contributed by atoms with Crippen LogP contribution in [0.1, 0.15) is 31.7 Å². The van der Waals surface area contributed by atoms with Crippen molar-refractivity contribution in [2.75, 3.05) is 39.9 Å². The number of nitrogens with zero attached hydrogens (tertiary/aromatic N) is 1. The lowest BCUT2D eigenvalue weighted by Crippen LogP contribution is -2.60. The van der Waals surface area contributed by atoms with E-state index < -0.39 is 12.1 Å². The molecule has 1 aliphatic heterocycles. The van der Waals surface area contributed by atoms with Crippen molar-refractivity contribution < 1.29 is 41.8 Å². The molecule has 1 aromatic carbocycles. The molecule has 0 bridgehead atoms. The van der Waals surface area contributed by atoms with Crippen LogP contribution in [0.4, 0.5) is 13.2 Å². The summed E-state index contributed by atoms with van der Waals surface area (Å²) in [6.07, 6.45) is -1.01. The Balaban J connectivity index is 0.00000104. The molecule has 2 atom stereocenters. The molecule has 2 rings (SSSR count). The van der Waals surface area contributed by atoms with Gasteiger partial charge in [-0.05, 0) is 43.9 Å². The number of alkyl halides is 3. The number of esters is 1. The fourth-order valence-electron chi connectivity index (χ4n) is 3.69. The van der Waals surface area contributed by atoms with Crippen LogP contribution in [0.15, 0.2) is 24.3 Å². The lowest BCUT2D eigenvalue weighted by Gasteiger charge is -2.43. The molecule has 1 aliphatic rings. The standard InChI is InChI=1S/C19H31N2O3.C2HF3O2.BrH/c1-3-24-19(22)15-21(13-5-7-17(20)14-21)12-4-6-16-8-10-18(23-2)11-9-16;3-2(4,5)1(6)7;/h8-11,17H,3-7,12-15,20H2,1-2H3;(H,6,7);1H/q+1;;/p-1. The van der Waals surface area contributed by atoms with Crippen molar-refractivity contribution in [1.82, 2.24) is 0 Å². The van der Waals surface area contributed by atoms with Crippen molar-refractivity contribution in [3.05, 3.63) is 29.8 Å². The Morgan fingerprint density at radius 2 is 1.84 bits per heavy atom. The Morgan fingerprint density at radius 1 is 1.25 bits per heavy atom. The number of carbonyl (C=O) groups excluding carboxylic acids is 2. The van der Waals surface area contributed by atoms with Gasteiger partial charge in [0.15, 0.2) is 6.54 Å². The Kier molecular flexibility index (Phi) is 13.5. The van der Waals surface area contributed by atoms with E-state index in [4.69, 9.17) is 25.1 Å². The fourth-order valence-corrected chi connectivity index (χ4v) is 3.69. The second kappa shape index (κ2) is 14.3. The van der Waals surface area contributed by atoms with E-state index in [1.54, 1.807) is 7.11 Å². The molecule has 0 spiro atoms. The summed E-state index contributed by atoms with van der Waals surface area (Å²) in [6, 6.07) is 8.39. The van der Waals surface area contributed by atoms with Gasteiger partial charge in [-0.3, -0.25) is 0 Å².